The van der Waals surface area contributed by atoms with E-state index in [4.69, 9.17) is 16.3 Å². The van der Waals surface area contributed by atoms with E-state index in [9.17, 15) is 8.42 Å². The van der Waals surface area contributed by atoms with Crippen molar-refractivity contribution in [2.75, 3.05) is 25.4 Å². The summed E-state index contributed by atoms with van der Waals surface area (Å²) in [7, 11) is -3.15. The van der Waals surface area contributed by atoms with Gasteiger partial charge in [-0.15, -0.1) is 0 Å². The fraction of sp³-hybridized carbons (Fsp3) is 0.500. The van der Waals surface area contributed by atoms with Gasteiger partial charge in [0.15, 0.2) is 0 Å². The van der Waals surface area contributed by atoms with Gasteiger partial charge in [-0.05, 0) is 24.6 Å². The molecule has 1 unspecified atom stereocenters. The molecular formula is C12H16ClNO3S. The molecule has 0 N–H and O–H groups in total. The molecule has 1 aromatic rings. The summed E-state index contributed by atoms with van der Waals surface area (Å²) in [6, 6.07) is 7.34. The van der Waals surface area contributed by atoms with Crippen LogP contribution < -0.4 is 0 Å². The molecule has 0 spiro atoms. The Morgan fingerprint density at radius 1 is 1.50 bits per heavy atom. The Hall–Kier alpha value is -0.620. The number of rotatable bonds is 3. The molecule has 0 aromatic heterocycles. The highest BCUT2D eigenvalue weighted by Crippen LogP contribution is 2.25. The molecule has 1 fully saturated rings. The molecule has 0 saturated carbocycles. The third-order valence-electron chi connectivity index (χ3n) is 3.01. The molecule has 1 atom stereocenters. The minimum Gasteiger partial charge on any atom is -0.371 e. The molecule has 1 aliphatic heterocycles. The normalized spacial score (nSPS) is 22.0. The van der Waals surface area contributed by atoms with Crippen LogP contribution >= 0.6 is 11.6 Å². The van der Waals surface area contributed by atoms with Crippen molar-refractivity contribution in [2.45, 2.75) is 13.0 Å². The average Bonchev–Trinajstić information content (AvgIpc) is 2.39. The largest absolute Gasteiger partial charge is 0.371 e. The van der Waals surface area contributed by atoms with Gasteiger partial charge in [0.05, 0.1) is 18.5 Å². The second kappa shape index (κ2) is 5.57. The van der Waals surface area contributed by atoms with E-state index >= 15 is 0 Å². The van der Waals surface area contributed by atoms with Crippen LogP contribution in [0, 0.1) is 0 Å². The maximum absolute atomic E-state index is 11.8. The van der Waals surface area contributed by atoms with Crippen molar-refractivity contribution in [1.29, 1.82) is 0 Å². The standard InChI is InChI=1S/C12H16ClNO3S/c1-2-18(15,16)14-6-7-17-12(9-14)10-4-3-5-11(13)8-10/h3-5,8,12H,2,6-7,9H2,1H3. The second-order valence-corrected chi connectivity index (χ2v) is 6.87. The number of ether oxygens (including phenoxy) is 1. The molecule has 1 saturated heterocycles. The van der Waals surface area contributed by atoms with Crippen molar-refractivity contribution in [3.05, 3.63) is 34.9 Å². The van der Waals surface area contributed by atoms with Crippen molar-refractivity contribution in [2.24, 2.45) is 0 Å². The minimum absolute atomic E-state index is 0.120. The molecule has 1 aromatic carbocycles. The number of nitrogens with zero attached hydrogens (tertiary/aromatic N) is 1. The highest BCUT2D eigenvalue weighted by molar-refractivity contribution is 7.89. The Bertz CT molecular complexity index is 518. The van der Waals surface area contributed by atoms with Crippen molar-refractivity contribution < 1.29 is 13.2 Å². The minimum atomic E-state index is -3.15. The molecule has 2 rings (SSSR count). The van der Waals surface area contributed by atoms with Crippen LogP contribution in [0.3, 0.4) is 0 Å². The summed E-state index contributed by atoms with van der Waals surface area (Å²) in [4.78, 5) is 0. The Morgan fingerprint density at radius 3 is 2.94 bits per heavy atom. The summed E-state index contributed by atoms with van der Waals surface area (Å²) < 4.78 is 30.8. The van der Waals surface area contributed by atoms with Gasteiger partial charge in [-0.2, -0.15) is 4.31 Å². The fourth-order valence-corrected chi connectivity index (χ4v) is 3.25. The third-order valence-corrected chi connectivity index (χ3v) is 5.09. The summed E-state index contributed by atoms with van der Waals surface area (Å²) in [5, 5.41) is 0.631. The van der Waals surface area contributed by atoms with Crippen molar-refractivity contribution in [3.8, 4) is 0 Å². The fourth-order valence-electron chi connectivity index (χ4n) is 1.97. The molecule has 0 bridgehead atoms. The lowest BCUT2D eigenvalue weighted by molar-refractivity contribution is -0.00249. The molecule has 1 heterocycles. The topological polar surface area (TPSA) is 46.6 Å². The van der Waals surface area contributed by atoms with E-state index in [0.717, 1.165) is 5.56 Å². The SMILES string of the molecule is CCS(=O)(=O)N1CCOC(c2cccc(Cl)c2)C1. The smallest absolute Gasteiger partial charge is 0.214 e. The van der Waals surface area contributed by atoms with Gasteiger partial charge in [0.1, 0.15) is 0 Å². The monoisotopic (exact) mass is 289 g/mol. The van der Waals surface area contributed by atoms with E-state index in [-0.39, 0.29) is 11.9 Å². The molecule has 100 valence electrons. The summed E-state index contributed by atoms with van der Waals surface area (Å²) in [5.74, 6) is 0.120. The van der Waals surface area contributed by atoms with Crippen LogP contribution in [0.25, 0.3) is 0 Å². The van der Waals surface area contributed by atoms with E-state index in [1.807, 2.05) is 18.2 Å². The van der Waals surface area contributed by atoms with Crippen LogP contribution in [-0.4, -0.2) is 38.2 Å². The van der Waals surface area contributed by atoms with Crippen LogP contribution in [0.4, 0.5) is 0 Å². The van der Waals surface area contributed by atoms with Crippen LogP contribution in [0.1, 0.15) is 18.6 Å². The number of benzene rings is 1. The molecular weight excluding hydrogens is 274 g/mol. The molecule has 4 nitrogen and oxygen atoms in total. The zero-order valence-electron chi connectivity index (χ0n) is 10.2. The molecule has 0 amide bonds. The molecule has 1 aliphatic rings. The van der Waals surface area contributed by atoms with Gasteiger partial charge in [-0.25, -0.2) is 8.42 Å². The zero-order chi connectivity index (χ0) is 13.2. The van der Waals surface area contributed by atoms with Gasteiger partial charge < -0.3 is 4.74 Å². The number of morpholine rings is 1. The summed E-state index contributed by atoms with van der Waals surface area (Å²) in [6.45, 7) is 2.85. The maximum Gasteiger partial charge on any atom is 0.214 e. The molecule has 18 heavy (non-hydrogen) atoms. The van der Waals surface area contributed by atoms with E-state index in [1.54, 1.807) is 13.0 Å². The van der Waals surface area contributed by atoms with Crippen molar-refractivity contribution >= 4 is 21.6 Å². The summed E-state index contributed by atoms with van der Waals surface area (Å²) in [6.07, 6.45) is -0.237. The highest BCUT2D eigenvalue weighted by atomic mass is 35.5. The Labute approximate surface area is 113 Å². The number of sulfonamides is 1. The third kappa shape index (κ3) is 3.03. The lowest BCUT2D eigenvalue weighted by Gasteiger charge is -2.32. The lowest BCUT2D eigenvalue weighted by atomic mass is 10.1. The van der Waals surface area contributed by atoms with E-state index in [0.29, 0.717) is 24.7 Å². The first-order chi connectivity index (χ1) is 8.53. The van der Waals surface area contributed by atoms with Crippen molar-refractivity contribution in [3.63, 3.8) is 0 Å². The number of hydrogen-bond donors (Lipinski definition) is 0. The number of halogens is 1. The van der Waals surface area contributed by atoms with Gasteiger partial charge in [0.25, 0.3) is 0 Å². The van der Waals surface area contributed by atoms with Crippen LogP contribution in [-0.2, 0) is 14.8 Å². The molecule has 6 heteroatoms. The zero-order valence-corrected chi connectivity index (χ0v) is 11.7. The number of hydrogen-bond acceptors (Lipinski definition) is 3. The summed E-state index contributed by atoms with van der Waals surface area (Å²) in [5.41, 5.74) is 0.915. The second-order valence-electron chi connectivity index (χ2n) is 4.17. The van der Waals surface area contributed by atoms with Crippen LogP contribution in [0.5, 0.6) is 0 Å². The van der Waals surface area contributed by atoms with Gasteiger partial charge in [-0.3, -0.25) is 0 Å². The van der Waals surface area contributed by atoms with Crippen molar-refractivity contribution in [1.82, 2.24) is 4.31 Å². The molecule has 0 radical (unpaired) electrons. The maximum atomic E-state index is 11.8. The van der Waals surface area contributed by atoms with E-state index in [2.05, 4.69) is 0 Å². The first-order valence-corrected chi connectivity index (χ1v) is 7.86. The average molecular weight is 290 g/mol. The molecule has 0 aliphatic carbocycles. The first-order valence-electron chi connectivity index (χ1n) is 5.88. The van der Waals surface area contributed by atoms with Gasteiger partial charge in [0.2, 0.25) is 10.0 Å². The lowest BCUT2D eigenvalue weighted by Crippen LogP contribution is -2.42. The Balaban J connectivity index is 2.17. The van der Waals surface area contributed by atoms with E-state index < -0.39 is 10.0 Å². The van der Waals surface area contributed by atoms with Crippen LogP contribution in [0.15, 0.2) is 24.3 Å². The van der Waals surface area contributed by atoms with Crippen LogP contribution in [0.2, 0.25) is 5.02 Å². The Kier molecular flexibility index (Phi) is 4.27. The summed E-state index contributed by atoms with van der Waals surface area (Å²) >= 11 is 5.93. The van der Waals surface area contributed by atoms with Gasteiger partial charge in [-0.1, -0.05) is 23.7 Å². The van der Waals surface area contributed by atoms with E-state index in [1.165, 1.54) is 4.31 Å². The predicted molar refractivity (Wildman–Crippen MR) is 71.2 cm³/mol. The van der Waals surface area contributed by atoms with Gasteiger partial charge in [0, 0.05) is 18.1 Å². The van der Waals surface area contributed by atoms with Gasteiger partial charge >= 0.3 is 0 Å². The highest BCUT2D eigenvalue weighted by Gasteiger charge is 2.29. The Morgan fingerprint density at radius 2 is 2.28 bits per heavy atom. The predicted octanol–water partition coefficient (Wildman–Crippen LogP) is 2.06. The first kappa shape index (κ1) is 13.8. The quantitative estimate of drug-likeness (QED) is 0.856.